The van der Waals surface area contributed by atoms with E-state index in [1.807, 2.05) is 0 Å². The maximum Gasteiger partial charge on any atom is 0.256 e. The van der Waals surface area contributed by atoms with Crippen molar-refractivity contribution in [1.29, 1.82) is 0 Å². The molecule has 4 heteroatoms. The Labute approximate surface area is 88.4 Å². The first-order valence-corrected chi connectivity index (χ1v) is 5.19. The second-order valence-corrected chi connectivity index (χ2v) is 3.63. The van der Waals surface area contributed by atoms with Gasteiger partial charge in [-0.25, -0.2) is 0 Å². The van der Waals surface area contributed by atoms with Crippen molar-refractivity contribution in [3.8, 4) is 5.75 Å². The molecule has 0 saturated carbocycles. The number of nitrogens with zero attached hydrogens (tertiary/aromatic N) is 1. The van der Waals surface area contributed by atoms with Crippen molar-refractivity contribution < 1.29 is 9.47 Å². The average molecular weight is 209 g/mol. The average Bonchev–Trinajstić information content (AvgIpc) is 2.30. The normalized spacial score (nSPS) is 21.3. The molecule has 0 unspecified atom stereocenters. The van der Waals surface area contributed by atoms with E-state index in [4.69, 9.17) is 9.47 Å². The fraction of sp³-hybridized carbons (Fsp3) is 0.545. The Morgan fingerprint density at radius 3 is 3.00 bits per heavy atom. The molecule has 0 aliphatic carbocycles. The fourth-order valence-electron chi connectivity index (χ4n) is 1.78. The Balaban J connectivity index is 2.24. The van der Waals surface area contributed by atoms with E-state index in [-0.39, 0.29) is 11.8 Å². The van der Waals surface area contributed by atoms with Crippen molar-refractivity contribution in [2.45, 2.75) is 25.5 Å². The molecule has 1 aliphatic heterocycles. The third-order valence-corrected chi connectivity index (χ3v) is 2.62. The third-order valence-electron chi connectivity index (χ3n) is 2.62. The number of hydrogen-bond acceptors (Lipinski definition) is 3. The summed E-state index contributed by atoms with van der Waals surface area (Å²) in [4.78, 5) is 11.7. The Kier molecular flexibility index (Phi) is 3.06. The summed E-state index contributed by atoms with van der Waals surface area (Å²) in [6.07, 6.45) is 4.74. The van der Waals surface area contributed by atoms with Gasteiger partial charge in [-0.3, -0.25) is 9.36 Å². The maximum absolute atomic E-state index is 11.7. The number of rotatable bonds is 2. The zero-order valence-electron chi connectivity index (χ0n) is 8.81. The number of pyridine rings is 1. The van der Waals surface area contributed by atoms with E-state index in [1.165, 1.54) is 6.07 Å². The zero-order valence-corrected chi connectivity index (χ0v) is 8.81. The van der Waals surface area contributed by atoms with Gasteiger partial charge in [0, 0.05) is 18.9 Å². The Morgan fingerprint density at radius 2 is 2.40 bits per heavy atom. The van der Waals surface area contributed by atoms with Gasteiger partial charge in [-0.15, -0.1) is 0 Å². The van der Waals surface area contributed by atoms with E-state index >= 15 is 0 Å². The van der Waals surface area contributed by atoms with E-state index in [2.05, 4.69) is 0 Å². The third kappa shape index (κ3) is 2.21. The minimum atomic E-state index is -0.0999. The van der Waals surface area contributed by atoms with Crippen LogP contribution in [0.5, 0.6) is 5.75 Å². The zero-order chi connectivity index (χ0) is 10.7. The molecule has 1 aliphatic rings. The minimum absolute atomic E-state index is 0.0683. The van der Waals surface area contributed by atoms with Crippen LogP contribution in [0, 0.1) is 0 Å². The molecule has 0 aromatic carbocycles. The molecule has 0 bridgehead atoms. The highest BCUT2D eigenvalue weighted by Crippen LogP contribution is 2.21. The Morgan fingerprint density at radius 1 is 1.53 bits per heavy atom. The molecule has 2 rings (SSSR count). The SMILES string of the molecule is COc1ccn([C@H]2CCCCO2)c(=O)c1. The van der Waals surface area contributed by atoms with E-state index < -0.39 is 0 Å². The van der Waals surface area contributed by atoms with Crippen LogP contribution < -0.4 is 10.3 Å². The van der Waals surface area contributed by atoms with E-state index in [0.29, 0.717) is 5.75 Å². The second-order valence-electron chi connectivity index (χ2n) is 3.63. The second kappa shape index (κ2) is 4.49. The van der Waals surface area contributed by atoms with Gasteiger partial charge in [0.05, 0.1) is 7.11 Å². The predicted octanol–water partition coefficient (Wildman–Crippen LogP) is 1.56. The van der Waals surface area contributed by atoms with Crippen LogP contribution in [-0.2, 0) is 4.74 Å². The van der Waals surface area contributed by atoms with Crippen LogP contribution in [0.3, 0.4) is 0 Å². The molecule has 1 aromatic rings. The first-order chi connectivity index (χ1) is 7.31. The largest absolute Gasteiger partial charge is 0.497 e. The first kappa shape index (κ1) is 10.2. The molecule has 0 spiro atoms. The van der Waals surface area contributed by atoms with Crippen LogP contribution in [0.15, 0.2) is 23.1 Å². The Bertz CT molecular complexity index is 380. The Hall–Kier alpha value is -1.29. The quantitative estimate of drug-likeness (QED) is 0.742. The molecular formula is C11H15NO3. The molecule has 1 aromatic heterocycles. The summed E-state index contributed by atoms with van der Waals surface area (Å²) < 4.78 is 12.2. The van der Waals surface area contributed by atoms with Gasteiger partial charge >= 0.3 is 0 Å². The number of ether oxygens (including phenoxy) is 2. The maximum atomic E-state index is 11.7. The lowest BCUT2D eigenvalue weighted by Crippen LogP contribution is -2.27. The standard InChI is InChI=1S/C11H15NO3/c1-14-9-5-6-12(10(13)8-9)11-4-2-3-7-15-11/h5-6,8,11H,2-4,7H2,1H3/t11-/m1/s1. The molecule has 1 saturated heterocycles. The van der Waals surface area contributed by atoms with Crippen molar-refractivity contribution in [2.24, 2.45) is 0 Å². The molecule has 0 radical (unpaired) electrons. The lowest BCUT2D eigenvalue weighted by molar-refractivity contribution is -0.0341. The van der Waals surface area contributed by atoms with Crippen molar-refractivity contribution in [1.82, 2.24) is 4.57 Å². The molecule has 1 fully saturated rings. The first-order valence-electron chi connectivity index (χ1n) is 5.19. The van der Waals surface area contributed by atoms with E-state index in [9.17, 15) is 4.79 Å². The van der Waals surface area contributed by atoms with Crippen molar-refractivity contribution in [3.63, 3.8) is 0 Å². The van der Waals surface area contributed by atoms with Crippen LogP contribution in [0.2, 0.25) is 0 Å². The van der Waals surface area contributed by atoms with Crippen molar-refractivity contribution in [3.05, 3.63) is 28.7 Å². The van der Waals surface area contributed by atoms with Crippen LogP contribution in [0.4, 0.5) is 0 Å². The van der Waals surface area contributed by atoms with Crippen LogP contribution in [0.25, 0.3) is 0 Å². The molecule has 0 N–H and O–H groups in total. The molecule has 2 heterocycles. The monoisotopic (exact) mass is 209 g/mol. The highest BCUT2D eigenvalue weighted by atomic mass is 16.5. The molecule has 0 amide bonds. The van der Waals surface area contributed by atoms with Gasteiger partial charge in [-0.2, -0.15) is 0 Å². The molecule has 82 valence electrons. The van der Waals surface area contributed by atoms with Gasteiger partial charge in [-0.05, 0) is 25.3 Å². The van der Waals surface area contributed by atoms with E-state index in [0.717, 1.165) is 25.9 Å². The van der Waals surface area contributed by atoms with Gasteiger partial charge in [0.2, 0.25) is 0 Å². The van der Waals surface area contributed by atoms with Crippen LogP contribution >= 0.6 is 0 Å². The van der Waals surface area contributed by atoms with Gasteiger partial charge in [0.15, 0.2) is 0 Å². The number of hydrogen-bond donors (Lipinski definition) is 0. The number of aromatic nitrogens is 1. The van der Waals surface area contributed by atoms with Crippen LogP contribution in [0.1, 0.15) is 25.5 Å². The van der Waals surface area contributed by atoms with Crippen molar-refractivity contribution >= 4 is 0 Å². The topological polar surface area (TPSA) is 40.5 Å². The highest BCUT2D eigenvalue weighted by Gasteiger charge is 2.16. The summed E-state index contributed by atoms with van der Waals surface area (Å²) in [5, 5.41) is 0. The summed E-state index contributed by atoms with van der Waals surface area (Å²) in [6.45, 7) is 0.739. The fourth-order valence-corrected chi connectivity index (χ4v) is 1.78. The lowest BCUT2D eigenvalue weighted by Gasteiger charge is -2.24. The van der Waals surface area contributed by atoms with Gasteiger partial charge < -0.3 is 9.47 Å². The molecular weight excluding hydrogens is 194 g/mol. The summed E-state index contributed by atoms with van der Waals surface area (Å²) in [5.74, 6) is 0.590. The lowest BCUT2D eigenvalue weighted by atomic mass is 10.2. The molecule has 15 heavy (non-hydrogen) atoms. The highest BCUT2D eigenvalue weighted by molar-refractivity contribution is 5.17. The van der Waals surface area contributed by atoms with Crippen molar-refractivity contribution in [2.75, 3.05) is 13.7 Å². The van der Waals surface area contributed by atoms with Gasteiger partial charge in [-0.1, -0.05) is 0 Å². The smallest absolute Gasteiger partial charge is 0.256 e. The van der Waals surface area contributed by atoms with E-state index in [1.54, 1.807) is 23.9 Å². The molecule has 4 nitrogen and oxygen atoms in total. The van der Waals surface area contributed by atoms with Crippen LogP contribution in [-0.4, -0.2) is 18.3 Å². The summed E-state index contributed by atoms with van der Waals surface area (Å²) in [6, 6.07) is 3.26. The molecule has 1 atom stereocenters. The number of methoxy groups -OCH3 is 1. The summed E-state index contributed by atoms with van der Waals surface area (Å²) in [7, 11) is 1.55. The predicted molar refractivity (Wildman–Crippen MR) is 56.1 cm³/mol. The summed E-state index contributed by atoms with van der Waals surface area (Å²) >= 11 is 0. The van der Waals surface area contributed by atoms with Gasteiger partial charge in [0.25, 0.3) is 5.56 Å². The minimum Gasteiger partial charge on any atom is -0.497 e. The van der Waals surface area contributed by atoms with Gasteiger partial charge in [0.1, 0.15) is 12.0 Å². The summed E-state index contributed by atoms with van der Waals surface area (Å²) in [5.41, 5.74) is -0.0683.